The molecule has 0 saturated heterocycles. The van der Waals surface area contributed by atoms with E-state index in [9.17, 15) is 0 Å². The molecule has 0 fully saturated rings. The second kappa shape index (κ2) is 7.63. The Balaban J connectivity index is 1.78. The van der Waals surface area contributed by atoms with Gasteiger partial charge in [0.25, 0.3) is 0 Å². The lowest BCUT2D eigenvalue weighted by Gasteiger charge is -2.11. The van der Waals surface area contributed by atoms with Gasteiger partial charge in [-0.3, -0.25) is 0 Å². The van der Waals surface area contributed by atoms with Gasteiger partial charge in [-0.25, -0.2) is 4.98 Å². The molecular formula is C18H22N4O. The molecule has 0 amide bonds. The lowest BCUT2D eigenvalue weighted by molar-refractivity contribution is 0.518. The van der Waals surface area contributed by atoms with Crippen LogP contribution in [0.1, 0.15) is 31.9 Å². The number of unbranched alkanes of at least 4 members (excludes halogenated alkanes) is 2. The summed E-state index contributed by atoms with van der Waals surface area (Å²) in [6.07, 6.45) is 5.22. The standard InChI is InChI=1S/C18H22N4O/c1-2-3-6-11-19-18-21-16-10-5-4-9-15(16)17(22-18)20-13-14-8-7-12-23-14/h4-5,7-10,12H,2-3,6,11,13H2,1H3,(H2,19,20,21,22). The molecule has 23 heavy (non-hydrogen) atoms. The van der Waals surface area contributed by atoms with Crippen molar-refractivity contribution in [1.82, 2.24) is 9.97 Å². The number of anilines is 2. The number of rotatable bonds is 8. The molecule has 0 bridgehead atoms. The summed E-state index contributed by atoms with van der Waals surface area (Å²) in [6, 6.07) is 11.9. The van der Waals surface area contributed by atoms with Gasteiger partial charge < -0.3 is 15.1 Å². The summed E-state index contributed by atoms with van der Waals surface area (Å²) in [7, 11) is 0. The first-order valence-corrected chi connectivity index (χ1v) is 8.13. The van der Waals surface area contributed by atoms with Crippen LogP contribution in [0.25, 0.3) is 10.9 Å². The number of furan rings is 1. The minimum Gasteiger partial charge on any atom is -0.467 e. The zero-order chi connectivity index (χ0) is 15.9. The third-order valence-electron chi connectivity index (χ3n) is 3.68. The van der Waals surface area contributed by atoms with Crippen LogP contribution in [0.3, 0.4) is 0 Å². The smallest absolute Gasteiger partial charge is 0.225 e. The fourth-order valence-electron chi connectivity index (χ4n) is 2.45. The van der Waals surface area contributed by atoms with Crippen LogP contribution in [0.2, 0.25) is 0 Å². The Kier molecular flexibility index (Phi) is 5.09. The van der Waals surface area contributed by atoms with Crippen LogP contribution in [0.5, 0.6) is 0 Å². The van der Waals surface area contributed by atoms with Crippen molar-refractivity contribution in [3.63, 3.8) is 0 Å². The van der Waals surface area contributed by atoms with E-state index in [0.717, 1.165) is 35.4 Å². The maximum atomic E-state index is 5.37. The largest absolute Gasteiger partial charge is 0.467 e. The average molecular weight is 310 g/mol. The zero-order valence-corrected chi connectivity index (χ0v) is 13.4. The van der Waals surface area contributed by atoms with Crippen molar-refractivity contribution in [2.24, 2.45) is 0 Å². The number of nitrogens with zero attached hydrogens (tertiary/aromatic N) is 2. The van der Waals surface area contributed by atoms with Crippen molar-refractivity contribution in [3.8, 4) is 0 Å². The number of fused-ring (bicyclic) bond motifs is 1. The van der Waals surface area contributed by atoms with Crippen molar-refractivity contribution < 1.29 is 4.42 Å². The van der Waals surface area contributed by atoms with Gasteiger partial charge in [0.15, 0.2) is 0 Å². The van der Waals surface area contributed by atoms with E-state index in [0.29, 0.717) is 12.5 Å². The molecule has 0 aliphatic rings. The molecule has 120 valence electrons. The number of benzene rings is 1. The van der Waals surface area contributed by atoms with Crippen LogP contribution in [0, 0.1) is 0 Å². The summed E-state index contributed by atoms with van der Waals surface area (Å²) in [5.41, 5.74) is 0.933. The van der Waals surface area contributed by atoms with Crippen LogP contribution < -0.4 is 10.6 Å². The average Bonchev–Trinajstić information content (AvgIpc) is 3.10. The van der Waals surface area contributed by atoms with Gasteiger partial charge in [0.2, 0.25) is 5.95 Å². The molecule has 2 aromatic heterocycles. The Morgan fingerprint density at radius 3 is 2.74 bits per heavy atom. The van der Waals surface area contributed by atoms with Crippen molar-refractivity contribution >= 4 is 22.7 Å². The van der Waals surface area contributed by atoms with Gasteiger partial charge in [0, 0.05) is 11.9 Å². The van der Waals surface area contributed by atoms with Gasteiger partial charge in [-0.15, -0.1) is 0 Å². The van der Waals surface area contributed by atoms with Gasteiger partial charge in [-0.2, -0.15) is 4.98 Å². The van der Waals surface area contributed by atoms with E-state index in [1.165, 1.54) is 12.8 Å². The topological polar surface area (TPSA) is 63.0 Å². The predicted molar refractivity (Wildman–Crippen MR) is 93.6 cm³/mol. The first kappa shape index (κ1) is 15.3. The van der Waals surface area contributed by atoms with E-state index in [1.54, 1.807) is 6.26 Å². The van der Waals surface area contributed by atoms with E-state index in [1.807, 2.05) is 36.4 Å². The van der Waals surface area contributed by atoms with Gasteiger partial charge in [-0.1, -0.05) is 31.9 Å². The number of hydrogen-bond acceptors (Lipinski definition) is 5. The van der Waals surface area contributed by atoms with E-state index in [4.69, 9.17) is 4.42 Å². The molecule has 0 radical (unpaired) electrons. The summed E-state index contributed by atoms with van der Waals surface area (Å²) in [5.74, 6) is 2.37. The third-order valence-corrected chi connectivity index (χ3v) is 3.68. The summed E-state index contributed by atoms with van der Waals surface area (Å²) in [5, 5.41) is 7.68. The summed E-state index contributed by atoms with van der Waals surface area (Å²) < 4.78 is 5.37. The van der Waals surface area contributed by atoms with Crippen LogP contribution in [-0.4, -0.2) is 16.5 Å². The minimum absolute atomic E-state index is 0.600. The number of nitrogens with one attached hydrogen (secondary N) is 2. The maximum absolute atomic E-state index is 5.37. The number of aromatic nitrogens is 2. The Bertz CT molecular complexity index is 740. The lowest BCUT2D eigenvalue weighted by Crippen LogP contribution is -2.08. The highest BCUT2D eigenvalue weighted by Gasteiger charge is 2.07. The molecule has 0 saturated carbocycles. The van der Waals surface area contributed by atoms with Gasteiger partial charge >= 0.3 is 0 Å². The van der Waals surface area contributed by atoms with Gasteiger partial charge in [0.05, 0.1) is 18.3 Å². The fraction of sp³-hybridized carbons (Fsp3) is 0.333. The van der Waals surface area contributed by atoms with Crippen molar-refractivity contribution in [2.75, 3.05) is 17.2 Å². The normalized spacial score (nSPS) is 10.8. The maximum Gasteiger partial charge on any atom is 0.225 e. The van der Waals surface area contributed by atoms with Crippen LogP contribution in [-0.2, 0) is 6.54 Å². The first-order chi connectivity index (χ1) is 11.4. The van der Waals surface area contributed by atoms with Crippen LogP contribution in [0.4, 0.5) is 11.8 Å². The molecule has 3 rings (SSSR count). The SMILES string of the molecule is CCCCCNc1nc(NCc2ccco2)c2ccccc2n1. The second-order valence-corrected chi connectivity index (χ2v) is 5.48. The van der Waals surface area contributed by atoms with Gasteiger partial charge in [-0.05, 0) is 30.7 Å². The fourth-order valence-corrected chi connectivity index (χ4v) is 2.45. The van der Waals surface area contributed by atoms with Crippen molar-refractivity contribution in [1.29, 1.82) is 0 Å². The van der Waals surface area contributed by atoms with Crippen molar-refractivity contribution in [3.05, 3.63) is 48.4 Å². The Hall–Kier alpha value is -2.56. The second-order valence-electron chi connectivity index (χ2n) is 5.48. The summed E-state index contributed by atoms with van der Waals surface area (Å²) in [6.45, 7) is 3.69. The molecular weight excluding hydrogens is 288 g/mol. The summed E-state index contributed by atoms with van der Waals surface area (Å²) >= 11 is 0. The molecule has 5 nitrogen and oxygen atoms in total. The number of hydrogen-bond donors (Lipinski definition) is 2. The predicted octanol–water partition coefficient (Wildman–Crippen LogP) is 4.44. The highest BCUT2D eigenvalue weighted by Crippen LogP contribution is 2.22. The van der Waals surface area contributed by atoms with Crippen molar-refractivity contribution in [2.45, 2.75) is 32.7 Å². The lowest BCUT2D eigenvalue weighted by atomic mass is 10.2. The van der Waals surface area contributed by atoms with E-state index in [2.05, 4.69) is 27.5 Å². The molecule has 1 aromatic carbocycles. The van der Waals surface area contributed by atoms with E-state index in [-0.39, 0.29) is 0 Å². The molecule has 2 heterocycles. The first-order valence-electron chi connectivity index (χ1n) is 8.13. The van der Waals surface area contributed by atoms with E-state index < -0.39 is 0 Å². The molecule has 0 aliphatic heterocycles. The molecule has 0 aliphatic carbocycles. The molecule has 2 N–H and O–H groups in total. The zero-order valence-electron chi connectivity index (χ0n) is 13.4. The third kappa shape index (κ3) is 4.00. The Morgan fingerprint density at radius 1 is 1.00 bits per heavy atom. The number of para-hydroxylation sites is 1. The minimum atomic E-state index is 0.600. The Morgan fingerprint density at radius 2 is 1.91 bits per heavy atom. The quantitative estimate of drug-likeness (QED) is 0.602. The molecule has 0 spiro atoms. The highest BCUT2D eigenvalue weighted by molar-refractivity contribution is 5.89. The van der Waals surface area contributed by atoms with Gasteiger partial charge in [0.1, 0.15) is 11.6 Å². The molecule has 0 unspecified atom stereocenters. The molecule has 0 atom stereocenters. The monoisotopic (exact) mass is 310 g/mol. The highest BCUT2D eigenvalue weighted by atomic mass is 16.3. The molecule has 5 heteroatoms. The van der Waals surface area contributed by atoms with E-state index >= 15 is 0 Å². The van der Waals surface area contributed by atoms with Crippen LogP contribution in [0.15, 0.2) is 47.1 Å². The molecule has 3 aromatic rings. The van der Waals surface area contributed by atoms with Crippen LogP contribution >= 0.6 is 0 Å². The summed E-state index contributed by atoms with van der Waals surface area (Å²) in [4.78, 5) is 9.22. The Labute approximate surface area is 136 Å².